The number of carbonyl (C=O) groups is 1. The third kappa shape index (κ3) is 6.26. The smallest absolute Gasteiger partial charge is 0.421 e. The van der Waals surface area contributed by atoms with Crippen LogP contribution < -0.4 is 0 Å². The predicted molar refractivity (Wildman–Crippen MR) is 84.9 cm³/mol. The van der Waals surface area contributed by atoms with Crippen LogP contribution in [0, 0.1) is 12.0 Å². The van der Waals surface area contributed by atoms with E-state index in [0.29, 0.717) is 19.6 Å². The van der Waals surface area contributed by atoms with Gasteiger partial charge in [0.15, 0.2) is 8.32 Å². The Morgan fingerprint density at radius 2 is 2.00 bits per heavy atom. The van der Waals surface area contributed by atoms with Crippen LogP contribution in [0.4, 0.5) is 4.79 Å². The number of methoxy groups -OCH3 is 1. The van der Waals surface area contributed by atoms with Crippen molar-refractivity contribution in [2.45, 2.75) is 45.3 Å². The molecule has 114 valence electrons. The molecule has 0 spiro atoms. The molecule has 0 radical (unpaired) electrons. The van der Waals surface area contributed by atoms with E-state index in [-0.39, 0.29) is 5.04 Å². The Morgan fingerprint density at radius 1 is 1.40 bits per heavy atom. The number of ether oxygens (including phenoxy) is 1. The summed E-state index contributed by atoms with van der Waals surface area (Å²) >= 11 is 0. The summed E-state index contributed by atoms with van der Waals surface area (Å²) in [6.45, 7) is 15.5. The molecule has 0 bridgehead atoms. The molecular formula is C15H27NO3Si. The highest BCUT2D eigenvalue weighted by Crippen LogP contribution is 2.36. The third-order valence-electron chi connectivity index (χ3n) is 3.42. The normalized spacial score (nSPS) is 11.3. The van der Waals surface area contributed by atoms with Gasteiger partial charge in [0.05, 0.1) is 13.7 Å². The second kappa shape index (κ2) is 8.13. The van der Waals surface area contributed by atoms with Gasteiger partial charge in [-0.2, -0.15) is 0 Å². The van der Waals surface area contributed by atoms with E-state index in [4.69, 9.17) is 4.43 Å². The average Bonchev–Trinajstić information content (AvgIpc) is 2.34. The standard InChI is InChI=1S/C15H27NO3Si/c1-8-11-16(14(17)18-5)12-9-10-13-19-20(6,7)15(2,3)4/h8H,1,10-11,13H2,2-7H3. The molecule has 0 heterocycles. The minimum atomic E-state index is -1.72. The first-order chi connectivity index (χ1) is 9.15. The van der Waals surface area contributed by atoms with Crippen molar-refractivity contribution < 1.29 is 14.0 Å². The lowest BCUT2D eigenvalue weighted by Crippen LogP contribution is -2.40. The molecule has 0 aromatic rings. The molecule has 5 heteroatoms. The van der Waals surface area contributed by atoms with Crippen LogP contribution in [0.3, 0.4) is 0 Å². The maximum Gasteiger partial charge on any atom is 0.421 e. The molecule has 0 saturated carbocycles. The first-order valence-electron chi connectivity index (χ1n) is 6.74. The van der Waals surface area contributed by atoms with Crippen molar-refractivity contribution in [1.82, 2.24) is 4.90 Å². The molecule has 0 aliphatic heterocycles. The molecule has 0 aliphatic rings. The van der Waals surface area contributed by atoms with Crippen LogP contribution in [0.5, 0.6) is 0 Å². The van der Waals surface area contributed by atoms with Crippen molar-refractivity contribution in [3.05, 3.63) is 12.7 Å². The maximum atomic E-state index is 11.4. The van der Waals surface area contributed by atoms with Crippen LogP contribution in [0.2, 0.25) is 18.1 Å². The fourth-order valence-electron chi connectivity index (χ4n) is 1.13. The lowest BCUT2D eigenvalue weighted by molar-refractivity contribution is 0.146. The summed E-state index contributed by atoms with van der Waals surface area (Å²) in [6.07, 6.45) is 1.73. The first-order valence-corrected chi connectivity index (χ1v) is 9.65. The Balaban J connectivity index is 4.34. The summed E-state index contributed by atoms with van der Waals surface area (Å²) in [4.78, 5) is 12.7. The predicted octanol–water partition coefficient (Wildman–Crippen LogP) is 3.61. The number of carbonyl (C=O) groups excluding carboxylic acids is 1. The number of hydrogen-bond acceptors (Lipinski definition) is 3. The molecule has 0 aromatic carbocycles. The molecule has 0 N–H and O–H groups in total. The van der Waals surface area contributed by atoms with Gasteiger partial charge in [0.2, 0.25) is 0 Å². The number of amides is 1. The molecule has 0 rings (SSSR count). The van der Waals surface area contributed by atoms with Crippen molar-refractivity contribution in [3.63, 3.8) is 0 Å². The number of nitrogens with zero attached hydrogens (tertiary/aromatic N) is 1. The van der Waals surface area contributed by atoms with Gasteiger partial charge in [-0.15, -0.1) is 6.58 Å². The van der Waals surface area contributed by atoms with Crippen molar-refractivity contribution in [1.29, 1.82) is 0 Å². The molecule has 0 aliphatic carbocycles. The highest BCUT2D eigenvalue weighted by Gasteiger charge is 2.36. The van der Waals surface area contributed by atoms with Crippen LogP contribution >= 0.6 is 0 Å². The molecule has 0 unspecified atom stereocenters. The summed E-state index contributed by atoms with van der Waals surface area (Å²) < 4.78 is 10.6. The average molecular weight is 297 g/mol. The highest BCUT2D eigenvalue weighted by molar-refractivity contribution is 6.74. The van der Waals surface area contributed by atoms with Crippen LogP contribution in [-0.2, 0) is 9.16 Å². The summed E-state index contributed by atoms with van der Waals surface area (Å²) in [5, 5.41) is 0.196. The maximum absolute atomic E-state index is 11.4. The van der Waals surface area contributed by atoms with E-state index in [2.05, 4.69) is 57.1 Å². The lowest BCUT2D eigenvalue weighted by atomic mass is 10.2. The Kier molecular flexibility index (Phi) is 7.62. The zero-order valence-electron chi connectivity index (χ0n) is 13.6. The van der Waals surface area contributed by atoms with E-state index < -0.39 is 14.4 Å². The van der Waals surface area contributed by atoms with Gasteiger partial charge in [0.25, 0.3) is 0 Å². The second-order valence-electron chi connectivity index (χ2n) is 6.02. The van der Waals surface area contributed by atoms with Crippen molar-refractivity contribution >= 4 is 14.4 Å². The molecule has 0 fully saturated rings. The fourth-order valence-corrected chi connectivity index (χ4v) is 2.18. The molecule has 1 amide bonds. The monoisotopic (exact) mass is 297 g/mol. The zero-order chi connectivity index (χ0) is 15.8. The summed E-state index contributed by atoms with van der Waals surface area (Å²) in [5.74, 6) is 2.93. The third-order valence-corrected chi connectivity index (χ3v) is 7.96. The molecule has 20 heavy (non-hydrogen) atoms. The topological polar surface area (TPSA) is 38.8 Å². The molecule has 4 nitrogen and oxygen atoms in total. The Bertz CT molecular complexity index is 388. The van der Waals surface area contributed by atoms with Crippen LogP contribution in [0.25, 0.3) is 0 Å². The van der Waals surface area contributed by atoms with Crippen LogP contribution in [0.15, 0.2) is 12.7 Å². The molecule has 0 saturated heterocycles. The summed E-state index contributed by atoms with van der Waals surface area (Å²) in [6, 6.07) is 2.77. The second-order valence-corrected chi connectivity index (χ2v) is 10.8. The van der Waals surface area contributed by atoms with E-state index in [0.717, 1.165) is 0 Å². The van der Waals surface area contributed by atoms with Crippen molar-refractivity contribution in [2.24, 2.45) is 0 Å². The zero-order valence-corrected chi connectivity index (χ0v) is 14.6. The largest absolute Gasteiger partial charge is 0.452 e. The van der Waals surface area contributed by atoms with Gasteiger partial charge in [-0.3, -0.25) is 0 Å². The summed E-state index contributed by atoms with van der Waals surface area (Å²) in [5.41, 5.74) is 0. The minimum absolute atomic E-state index is 0.196. The van der Waals surface area contributed by atoms with Crippen molar-refractivity contribution in [2.75, 3.05) is 20.3 Å². The van der Waals surface area contributed by atoms with Crippen molar-refractivity contribution in [3.8, 4) is 12.0 Å². The molecule has 0 atom stereocenters. The van der Waals surface area contributed by atoms with E-state index >= 15 is 0 Å². The van der Waals surface area contributed by atoms with Gasteiger partial charge in [0.1, 0.15) is 0 Å². The number of rotatable bonds is 5. The Morgan fingerprint density at radius 3 is 2.45 bits per heavy atom. The molecular weight excluding hydrogens is 270 g/mol. The van der Waals surface area contributed by atoms with E-state index in [1.54, 1.807) is 6.08 Å². The van der Waals surface area contributed by atoms with Gasteiger partial charge in [-0.1, -0.05) is 32.8 Å². The summed E-state index contributed by atoms with van der Waals surface area (Å²) in [7, 11) is -0.381. The SMILES string of the molecule is C=CCN(C#CCCO[Si](C)(C)C(C)(C)C)C(=O)OC. The van der Waals surface area contributed by atoms with E-state index in [1.165, 1.54) is 12.0 Å². The quantitative estimate of drug-likeness (QED) is 0.256. The van der Waals surface area contributed by atoms with Gasteiger partial charge in [-0.05, 0) is 18.1 Å². The fraction of sp³-hybridized carbons (Fsp3) is 0.667. The van der Waals surface area contributed by atoms with Gasteiger partial charge in [-0.25, -0.2) is 9.69 Å². The molecule has 0 aromatic heterocycles. The van der Waals surface area contributed by atoms with E-state index in [9.17, 15) is 4.79 Å². The van der Waals surface area contributed by atoms with E-state index in [1.807, 2.05) is 0 Å². The minimum Gasteiger partial charge on any atom is -0.452 e. The first kappa shape index (κ1) is 18.7. The highest BCUT2D eigenvalue weighted by atomic mass is 28.4. The van der Waals surface area contributed by atoms with Gasteiger partial charge >= 0.3 is 6.09 Å². The Hall–Kier alpha value is -1.25. The van der Waals surface area contributed by atoms with Crippen LogP contribution in [-0.4, -0.2) is 39.6 Å². The van der Waals surface area contributed by atoms with Gasteiger partial charge in [0, 0.05) is 19.1 Å². The van der Waals surface area contributed by atoms with Crippen LogP contribution in [0.1, 0.15) is 27.2 Å². The Labute approximate surface area is 124 Å². The number of hydrogen-bond donors (Lipinski definition) is 0. The van der Waals surface area contributed by atoms with Gasteiger partial charge < -0.3 is 9.16 Å². The lowest BCUT2D eigenvalue weighted by Gasteiger charge is -2.35.